The number of aromatic nitrogens is 1. The summed E-state index contributed by atoms with van der Waals surface area (Å²) < 4.78 is 1.91. The van der Waals surface area contributed by atoms with E-state index in [1.807, 2.05) is 42.1 Å². The van der Waals surface area contributed by atoms with E-state index >= 15 is 0 Å². The number of hydrogen-bond acceptors (Lipinski definition) is 2. The van der Waals surface area contributed by atoms with Crippen LogP contribution in [0.4, 0.5) is 0 Å². The van der Waals surface area contributed by atoms with Crippen molar-refractivity contribution in [3.63, 3.8) is 0 Å². The molecule has 0 aliphatic carbocycles. The maximum atomic E-state index is 10.7. The lowest BCUT2D eigenvalue weighted by Gasteiger charge is -2.00. The average molecular weight is 231 g/mol. The Balaban J connectivity index is 2.66. The maximum Gasteiger partial charge on any atom is 0.328 e. The molecule has 0 saturated heterocycles. The van der Waals surface area contributed by atoms with Crippen LogP contribution in [0.3, 0.4) is 0 Å². The summed E-state index contributed by atoms with van der Waals surface area (Å²) in [7, 11) is 1.89. The summed E-state index contributed by atoms with van der Waals surface area (Å²) in [6.45, 7) is -0.291. The van der Waals surface area contributed by atoms with E-state index in [4.69, 9.17) is 5.11 Å². The molecule has 0 unspecified atom stereocenters. The monoisotopic (exact) mass is 231 g/mol. The highest BCUT2D eigenvalue weighted by molar-refractivity contribution is 5.98. The van der Waals surface area contributed by atoms with Crippen LogP contribution in [-0.2, 0) is 11.8 Å². The quantitative estimate of drug-likeness (QED) is 0.789. The summed E-state index contributed by atoms with van der Waals surface area (Å²) in [5.41, 5.74) is 2.18. The topological polar surface area (TPSA) is 62.5 Å². The minimum Gasteiger partial charge on any atom is -0.478 e. The van der Waals surface area contributed by atoms with Crippen LogP contribution in [-0.4, -0.2) is 27.4 Å². The van der Waals surface area contributed by atoms with Crippen molar-refractivity contribution in [1.82, 2.24) is 4.57 Å². The molecule has 1 heterocycles. The number of aliphatic hydroxyl groups excluding tert-OH is 1. The fourth-order valence-electron chi connectivity index (χ4n) is 1.96. The van der Waals surface area contributed by atoms with Crippen LogP contribution in [0.1, 0.15) is 5.56 Å². The molecular formula is C13H13NO3. The molecule has 4 heteroatoms. The van der Waals surface area contributed by atoms with Crippen molar-refractivity contribution in [3.8, 4) is 0 Å². The van der Waals surface area contributed by atoms with E-state index in [1.54, 1.807) is 0 Å². The molecule has 0 atom stereocenters. The fourth-order valence-corrected chi connectivity index (χ4v) is 1.96. The van der Waals surface area contributed by atoms with Crippen molar-refractivity contribution in [2.24, 2.45) is 7.05 Å². The highest BCUT2D eigenvalue weighted by atomic mass is 16.4. The number of nitrogens with zero attached hydrogens (tertiary/aromatic N) is 1. The zero-order valence-corrected chi connectivity index (χ0v) is 9.42. The second-order valence-electron chi connectivity index (χ2n) is 3.84. The molecule has 0 saturated carbocycles. The van der Waals surface area contributed by atoms with Crippen molar-refractivity contribution in [1.29, 1.82) is 0 Å². The van der Waals surface area contributed by atoms with Crippen molar-refractivity contribution in [2.75, 3.05) is 6.61 Å². The third-order valence-corrected chi connectivity index (χ3v) is 2.71. The first-order valence-corrected chi connectivity index (χ1v) is 5.22. The molecule has 0 fully saturated rings. The lowest BCUT2D eigenvalue weighted by molar-refractivity contribution is -0.131. The van der Waals surface area contributed by atoms with Crippen LogP contribution >= 0.6 is 0 Å². The SMILES string of the molecule is Cn1cc(/C(=C/C(=O)O)CO)c2ccccc21. The van der Waals surface area contributed by atoms with Crippen LogP contribution in [0, 0.1) is 0 Å². The number of benzene rings is 1. The highest BCUT2D eigenvalue weighted by Crippen LogP contribution is 2.26. The Morgan fingerprint density at radius 1 is 1.41 bits per heavy atom. The maximum absolute atomic E-state index is 10.7. The van der Waals surface area contributed by atoms with Crippen LogP contribution in [0.25, 0.3) is 16.5 Å². The largest absolute Gasteiger partial charge is 0.478 e. The number of carboxylic acid groups (broad SMARTS) is 1. The van der Waals surface area contributed by atoms with Gasteiger partial charge in [-0.15, -0.1) is 0 Å². The number of hydrogen-bond donors (Lipinski definition) is 2. The predicted molar refractivity (Wildman–Crippen MR) is 65.6 cm³/mol. The van der Waals surface area contributed by atoms with Crippen molar-refractivity contribution in [3.05, 3.63) is 42.1 Å². The van der Waals surface area contributed by atoms with E-state index < -0.39 is 5.97 Å². The second kappa shape index (κ2) is 4.43. The van der Waals surface area contributed by atoms with Gasteiger partial charge in [0.1, 0.15) is 0 Å². The molecule has 0 aliphatic heterocycles. The summed E-state index contributed by atoms with van der Waals surface area (Å²) in [6, 6.07) is 7.68. The number of aliphatic hydroxyl groups is 1. The van der Waals surface area contributed by atoms with Gasteiger partial charge in [-0.2, -0.15) is 0 Å². The molecule has 2 N–H and O–H groups in total. The van der Waals surface area contributed by atoms with Gasteiger partial charge in [-0.05, 0) is 11.6 Å². The first kappa shape index (κ1) is 11.4. The standard InChI is InChI=1S/C13H13NO3/c1-14-7-11(9(8-15)6-13(16)17)10-4-2-3-5-12(10)14/h2-7,15H,8H2,1H3,(H,16,17)/b9-6+. The molecule has 0 bridgehead atoms. The van der Waals surface area contributed by atoms with Gasteiger partial charge in [-0.3, -0.25) is 0 Å². The number of carbonyl (C=O) groups is 1. The molecule has 88 valence electrons. The Hall–Kier alpha value is -2.07. The van der Waals surface area contributed by atoms with Gasteiger partial charge in [0, 0.05) is 35.8 Å². The summed E-state index contributed by atoms with van der Waals surface area (Å²) in [6.07, 6.45) is 2.87. The summed E-state index contributed by atoms with van der Waals surface area (Å²) in [5, 5.41) is 19.0. The van der Waals surface area contributed by atoms with Crippen LogP contribution < -0.4 is 0 Å². The number of aliphatic carboxylic acids is 1. The Bertz CT molecular complexity index is 596. The lowest BCUT2D eigenvalue weighted by Crippen LogP contribution is -1.96. The average Bonchev–Trinajstić information content (AvgIpc) is 2.64. The van der Waals surface area contributed by atoms with Crippen LogP contribution in [0.2, 0.25) is 0 Å². The Morgan fingerprint density at radius 3 is 2.76 bits per heavy atom. The second-order valence-corrected chi connectivity index (χ2v) is 3.84. The Morgan fingerprint density at radius 2 is 2.12 bits per heavy atom. The number of rotatable bonds is 3. The Kier molecular flexibility index (Phi) is 2.97. The number of aryl methyl sites for hydroxylation is 1. The Labute approximate surface area is 98.4 Å². The zero-order chi connectivity index (χ0) is 12.4. The number of fused-ring (bicyclic) bond motifs is 1. The molecule has 4 nitrogen and oxygen atoms in total. The van der Waals surface area contributed by atoms with E-state index in [-0.39, 0.29) is 6.61 Å². The molecule has 2 rings (SSSR count). The minimum absolute atomic E-state index is 0.291. The molecule has 0 amide bonds. The fraction of sp³-hybridized carbons (Fsp3) is 0.154. The summed E-state index contributed by atoms with van der Waals surface area (Å²) in [4.78, 5) is 10.7. The number of carboxylic acids is 1. The van der Waals surface area contributed by atoms with E-state index in [0.29, 0.717) is 5.57 Å². The number of para-hydroxylation sites is 1. The van der Waals surface area contributed by atoms with Gasteiger partial charge in [-0.25, -0.2) is 4.79 Å². The molecule has 0 spiro atoms. The van der Waals surface area contributed by atoms with Gasteiger partial charge < -0.3 is 14.8 Å². The van der Waals surface area contributed by atoms with Crippen LogP contribution in [0.15, 0.2) is 36.5 Å². The third-order valence-electron chi connectivity index (χ3n) is 2.71. The molecule has 1 aromatic carbocycles. The van der Waals surface area contributed by atoms with Gasteiger partial charge in [0.15, 0.2) is 0 Å². The van der Waals surface area contributed by atoms with Crippen molar-refractivity contribution in [2.45, 2.75) is 0 Å². The van der Waals surface area contributed by atoms with E-state index in [9.17, 15) is 9.90 Å². The van der Waals surface area contributed by atoms with E-state index in [0.717, 1.165) is 22.5 Å². The van der Waals surface area contributed by atoms with E-state index in [2.05, 4.69) is 0 Å². The molecule has 0 radical (unpaired) electrons. The molecule has 1 aromatic heterocycles. The molecular weight excluding hydrogens is 218 g/mol. The van der Waals surface area contributed by atoms with Gasteiger partial charge in [0.25, 0.3) is 0 Å². The zero-order valence-electron chi connectivity index (χ0n) is 9.42. The third kappa shape index (κ3) is 2.07. The minimum atomic E-state index is -1.05. The van der Waals surface area contributed by atoms with Crippen molar-refractivity contribution >= 4 is 22.4 Å². The van der Waals surface area contributed by atoms with Gasteiger partial charge in [-0.1, -0.05) is 18.2 Å². The van der Waals surface area contributed by atoms with E-state index in [1.165, 1.54) is 0 Å². The van der Waals surface area contributed by atoms with Gasteiger partial charge in [0.2, 0.25) is 0 Å². The summed E-state index contributed by atoms with van der Waals surface area (Å²) >= 11 is 0. The van der Waals surface area contributed by atoms with Gasteiger partial charge >= 0.3 is 5.97 Å². The smallest absolute Gasteiger partial charge is 0.328 e. The molecule has 2 aromatic rings. The normalized spacial score (nSPS) is 12.0. The highest BCUT2D eigenvalue weighted by Gasteiger charge is 2.10. The molecule has 0 aliphatic rings. The van der Waals surface area contributed by atoms with Crippen LogP contribution in [0.5, 0.6) is 0 Å². The first-order chi connectivity index (χ1) is 8.13. The molecule has 17 heavy (non-hydrogen) atoms. The lowest BCUT2D eigenvalue weighted by atomic mass is 10.1. The van der Waals surface area contributed by atoms with Crippen molar-refractivity contribution < 1.29 is 15.0 Å². The predicted octanol–water partition coefficient (Wildman–Crippen LogP) is 1.64. The first-order valence-electron chi connectivity index (χ1n) is 5.22. The summed E-state index contributed by atoms with van der Waals surface area (Å²) in [5.74, 6) is -1.05. The van der Waals surface area contributed by atoms with Gasteiger partial charge in [0.05, 0.1) is 6.61 Å².